The molecule has 8 heteroatoms. The van der Waals surface area contributed by atoms with Crippen LogP contribution in [0.25, 0.3) is 0 Å². The molecule has 176 valence electrons. The minimum atomic E-state index is -0.548. The van der Waals surface area contributed by atoms with Crippen molar-refractivity contribution in [2.75, 3.05) is 10.6 Å². The van der Waals surface area contributed by atoms with Gasteiger partial charge in [0.25, 0.3) is 5.91 Å². The van der Waals surface area contributed by atoms with Crippen molar-refractivity contribution in [2.24, 2.45) is 0 Å². The Bertz CT molecular complexity index is 1310. The first-order valence-electron chi connectivity index (χ1n) is 10.5. The summed E-state index contributed by atoms with van der Waals surface area (Å²) in [6.07, 6.45) is 0. The normalized spacial score (nSPS) is 11.5. The lowest BCUT2D eigenvalue weighted by Gasteiger charge is -2.18. The van der Waals surface area contributed by atoms with Crippen molar-refractivity contribution in [3.8, 4) is 0 Å². The number of amides is 2. The summed E-state index contributed by atoms with van der Waals surface area (Å²) < 4.78 is 13.1. The average Bonchev–Trinajstić information content (AvgIpc) is 2.83. The standard InChI is InChI=1S/C27H19Cl2FN2O2S/c28-19-14-20(29)16-23(15-19)32-27(34)25(17-4-2-1-3-5-17)35-24-12-10-22(11-13-24)31-26(33)18-6-8-21(30)9-7-18/h1-16,25H,(H,31,33)(H,32,34). The summed E-state index contributed by atoms with van der Waals surface area (Å²) in [5.41, 5.74) is 2.27. The molecule has 1 atom stereocenters. The van der Waals surface area contributed by atoms with Crippen LogP contribution in [0.15, 0.2) is 102 Å². The molecular formula is C27H19Cl2FN2O2S. The highest BCUT2D eigenvalue weighted by Gasteiger charge is 2.22. The second-order valence-corrected chi connectivity index (χ2v) is 9.59. The van der Waals surface area contributed by atoms with E-state index in [1.165, 1.54) is 36.0 Å². The van der Waals surface area contributed by atoms with Crippen molar-refractivity contribution in [3.63, 3.8) is 0 Å². The molecule has 2 amide bonds. The largest absolute Gasteiger partial charge is 0.325 e. The average molecular weight is 525 g/mol. The Balaban J connectivity index is 1.49. The van der Waals surface area contributed by atoms with Gasteiger partial charge >= 0.3 is 0 Å². The van der Waals surface area contributed by atoms with Gasteiger partial charge in [0.15, 0.2) is 0 Å². The van der Waals surface area contributed by atoms with Crippen molar-refractivity contribution in [1.82, 2.24) is 0 Å². The molecule has 0 bridgehead atoms. The maximum absolute atomic E-state index is 13.2. The molecule has 0 heterocycles. The lowest BCUT2D eigenvalue weighted by Crippen LogP contribution is -2.19. The summed E-state index contributed by atoms with van der Waals surface area (Å²) in [6, 6.07) is 26.7. The molecule has 0 fully saturated rings. The van der Waals surface area contributed by atoms with Gasteiger partial charge in [-0.15, -0.1) is 11.8 Å². The van der Waals surface area contributed by atoms with Crippen LogP contribution in [0, 0.1) is 5.82 Å². The van der Waals surface area contributed by atoms with Gasteiger partial charge in [0.1, 0.15) is 11.1 Å². The van der Waals surface area contributed by atoms with E-state index in [2.05, 4.69) is 10.6 Å². The van der Waals surface area contributed by atoms with Crippen LogP contribution in [-0.2, 0) is 4.79 Å². The topological polar surface area (TPSA) is 58.2 Å². The van der Waals surface area contributed by atoms with Gasteiger partial charge in [-0.2, -0.15) is 0 Å². The fraction of sp³-hybridized carbons (Fsp3) is 0.0370. The van der Waals surface area contributed by atoms with E-state index in [0.717, 1.165) is 10.5 Å². The van der Waals surface area contributed by atoms with E-state index < -0.39 is 11.1 Å². The Morgan fingerprint density at radius 1 is 0.743 bits per heavy atom. The first-order valence-corrected chi connectivity index (χ1v) is 12.2. The summed E-state index contributed by atoms with van der Waals surface area (Å²) in [5.74, 6) is -0.973. The fourth-order valence-corrected chi connectivity index (χ4v) is 4.84. The Morgan fingerprint density at radius 2 is 1.37 bits per heavy atom. The zero-order valence-corrected chi connectivity index (χ0v) is 20.5. The summed E-state index contributed by atoms with van der Waals surface area (Å²) in [5, 5.41) is 5.97. The quantitative estimate of drug-likeness (QED) is 0.242. The molecule has 2 N–H and O–H groups in total. The number of benzene rings is 4. The van der Waals surface area contributed by atoms with Gasteiger partial charge in [0.05, 0.1) is 0 Å². The van der Waals surface area contributed by atoms with Crippen LogP contribution in [0.2, 0.25) is 10.0 Å². The molecule has 0 aliphatic carbocycles. The number of carbonyl (C=O) groups is 2. The first-order chi connectivity index (χ1) is 16.9. The molecule has 0 aliphatic rings. The Hall–Kier alpha value is -3.32. The number of thioether (sulfide) groups is 1. The van der Waals surface area contributed by atoms with E-state index in [9.17, 15) is 14.0 Å². The molecule has 0 aromatic heterocycles. The van der Waals surface area contributed by atoms with Crippen LogP contribution in [-0.4, -0.2) is 11.8 Å². The number of carbonyl (C=O) groups excluding carboxylic acids is 2. The molecule has 1 unspecified atom stereocenters. The SMILES string of the molecule is O=C(Nc1ccc(SC(C(=O)Nc2cc(Cl)cc(Cl)c2)c2ccccc2)cc1)c1ccc(F)cc1. The number of hydrogen-bond acceptors (Lipinski definition) is 3. The summed E-state index contributed by atoms with van der Waals surface area (Å²) in [4.78, 5) is 26.4. The molecule has 0 spiro atoms. The number of hydrogen-bond donors (Lipinski definition) is 2. The van der Waals surface area contributed by atoms with Crippen LogP contribution >= 0.6 is 35.0 Å². The van der Waals surface area contributed by atoms with Crippen LogP contribution in [0.5, 0.6) is 0 Å². The molecule has 4 aromatic carbocycles. The summed E-state index contributed by atoms with van der Waals surface area (Å²) in [7, 11) is 0. The minimum Gasteiger partial charge on any atom is -0.325 e. The van der Waals surface area contributed by atoms with Gasteiger partial charge in [-0.25, -0.2) is 4.39 Å². The molecule has 4 rings (SSSR count). The van der Waals surface area contributed by atoms with E-state index >= 15 is 0 Å². The van der Waals surface area contributed by atoms with E-state index in [1.807, 2.05) is 42.5 Å². The van der Waals surface area contributed by atoms with Crippen molar-refractivity contribution in [3.05, 3.63) is 124 Å². The Kier molecular flexibility index (Phi) is 8.08. The molecule has 0 saturated heterocycles. The second-order valence-electron chi connectivity index (χ2n) is 7.54. The third kappa shape index (κ3) is 6.85. The predicted octanol–water partition coefficient (Wildman–Crippen LogP) is 7.86. The maximum atomic E-state index is 13.2. The zero-order chi connectivity index (χ0) is 24.8. The van der Waals surface area contributed by atoms with Crippen molar-refractivity contribution in [1.29, 1.82) is 0 Å². The Labute approximate surface area is 216 Å². The van der Waals surface area contributed by atoms with Crippen molar-refractivity contribution >= 4 is 58.2 Å². The van der Waals surface area contributed by atoms with Gasteiger partial charge < -0.3 is 10.6 Å². The monoisotopic (exact) mass is 524 g/mol. The Morgan fingerprint density at radius 3 is 2.00 bits per heavy atom. The van der Waals surface area contributed by atoms with E-state index in [-0.39, 0.29) is 11.8 Å². The van der Waals surface area contributed by atoms with Crippen molar-refractivity contribution < 1.29 is 14.0 Å². The highest BCUT2D eigenvalue weighted by molar-refractivity contribution is 8.00. The summed E-state index contributed by atoms with van der Waals surface area (Å²) in [6.45, 7) is 0. The second kappa shape index (κ2) is 11.4. The van der Waals surface area contributed by atoms with E-state index in [0.29, 0.717) is 27.0 Å². The summed E-state index contributed by atoms with van der Waals surface area (Å²) >= 11 is 13.5. The molecule has 0 radical (unpaired) electrons. The van der Waals surface area contributed by atoms with Gasteiger partial charge in [0, 0.05) is 31.9 Å². The lowest BCUT2D eigenvalue weighted by molar-refractivity contribution is -0.115. The van der Waals surface area contributed by atoms with E-state index in [1.54, 1.807) is 30.3 Å². The molecular weight excluding hydrogens is 506 g/mol. The highest BCUT2D eigenvalue weighted by Crippen LogP contribution is 2.37. The van der Waals surface area contributed by atoms with Crippen LogP contribution in [0.3, 0.4) is 0 Å². The maximum Gasteiger partial charge on any atom is 0.255 e. The number of nitrogens with one attached hydrogen (secondary N) is 2. The molecule has 4 aromatic rings. The van der Waals surface area contributed by atoms with Crippen molar-refractivity contribution in [2.45, 2.75) is 10.1 Å². The van der Waals surface area contributed by atoms with Gasteiger partial charge in [-0.05, 0) is 72.3 Å². The smallest absolute Gasteiger partial charge is 0.255 e. The number of rotatable bonds is 7. The highest BCUT2D eigenvalue weighted by atomic mass is 35.5. The minimum absolute atomic E-state index is 0.228. The molecule has 0 saturated carbocycles. The number of halogens is 3. The first kappa shape index (κ1) is 24.8. The van der Waals surface area contributed by atoms with Crippen LogP contribution in [0.1, 0.15) is 21.2 Å². The fourth-order valence-electron chi connectivity index (χ4n) is 3.29. The van der Waals surface area contributed by atoms with Gasteiger partial charge in [0.2, 0.25) is 5.91 Å². The predicted molar refractivity (Wildman–Crippen MR) is 141 cm³/mol. The molecule has 4 nitrogen and oxygen atoms in total. The zero-order valence-electron chi connectivity index (χ0n) is 18.2. The third-order valence-electron chi connectivity index (χ3n) is 4.94. The molecule has 0 aliphatic heterocycles. The number of anilines is 2. The van der Waals surface area contributed by atoms with Crippen LogP contribution in [0.4, 0.5) is 15.8 Å². The van der Waals surface area contributed by atoms with E-state index in [4.69, 9.17) is 23.2 Å². The van der Waals surface area contributed by atoms with Gasteiger partial charge in [-0.1, -0.05) is 53.5 Å². The van der Waals surface area contributed by atoms with Gasteiger partial charge in [-0.3, -0.25) is 9.59 Å². The lowest BCUT2D eigenvalue weighted by atomic mass is 10.1. The van der Waals surface area contributed by atoms with Crippen LogP contribution < -0.4 is 10.6 Å². The third-order valence-corrected chi connectivity index (χ3v) is 6.65. The molecule has 35 heavy (non-hydrogen) atoms.